The molecule has 0 unspecified atom stereocenters. The van der Waals surface area contributed by atoms with Crippen molar-refractivity contribution in [2.75, 3.05) is 25.1 Å². The molecule has 0 amide bonds. The summed E-state index contributed by atoms with van der Waals surface area (Å²) in [5.41, 5.74) is 1.38. The summed E-state index contributed by atoms with van der Waals surface area (Å²) in [5.74, 6) is 0.261. The van der Waals surface area contributed by atoms with Crippen molar-refractivity contribution in [3.8, 4) is 0 Å². The third-order valence-corrected chi connectivity index (χ3v) is 5.07. The summed E-state index contributed by atoms with van der Waals surface area (Å²) >= 11 is 1.81. The molecule has 0 bridgehead atoms. The maximum atomic E-state index is 11.2. The topological polar surface area (TPSA) is 37.4 Å². The average Bonchev–Trinajstić information content (AvgIpc) is 2.64. The van der Waals surface area contributed by atoms with Crippen LogP contribution in [0.1, 0.15) is 23.4 Å². The smallest absolute Gasteiger partial charge is 0.148 e. The second-order valence-electron chi connectivity index (χ2n) is 4.39. The molecular formula is C11H17NO2S2. The number of nitrogens with zero attached hydrogens (tertiary/aromatic N) is 1. The van der Waals surface area contributed by atoms with Gasteiger partial charge in [-0.3, -0.25) is 4.90 Å². The van der Waals surface area contributed by atoms with E-state index in [-0.39, 0.29) is 5.75 Å². The second kappa shape index (κ2) is 4.47. The zero-order valence-electron chi connectivity index (χ0n) is 9.64. The summed E-state index contributed by atoms with van der Waals surface area (Å²) in [7, 11) is -2.85. The third kappa shape index (κ3) is 2.64. The number of sulfone groups is 1. The fourth-order valence-corrected chi connectivity index (χ4v) is 3.68. The van der Waals surface area contributed by atoms with Gasteiger partial charge in [0, 0.05) is 30.3 Å². The van der Waals surface area contributed by atoms with Crippen molar-refractivity contribution in [2.45, 2.75) is 19.4 Å². The Labute approximate surface area is 101 Å². The van der Waals surface area contributed by atoms with Crippen LogP contribution in [0.25, 0.3) is 0 Å². The first-order valence-electron chi connectivity index (χ1n) is 5.45. The summed E-state index contributed by atoms with van der Waals surface area (Å²) in [6, 6.07) is 2.52. The average molecular weight is 259 g/mol. The van der Waals surface area contributed by atoms with E-state index >= 15 is 0 Å². The number of fused-ring (bicyclic) bond motifs is 1. The minimum absolute atomic E-state index is 0.261. The lowest BCUT2D eigenvalue weighted by Gasteiger charge is -2.33. The Morgan fingerprint density at radius 1 is 1.56 bits per heavy atom. The van der Waals surface area contributed by atoms with Gasteiger partial charge >= 0.3 is 0 Å². The first-order chi connectivity index (χ1) is 7.47. The van der Waals surface area contributed by atoms with E-state index in [2.05, 4.69) is 23.3 Å². The Morgan fingerprint density at radius 2 is 2.31 bits per heavy atom. The lowest BCUT2D eigenvalue weighted by atomic mass is 10.0. The molecule has 0 fully saturated rings. The van der Waals surface area contributed by atoms with Gasteiger partial charge in [-0.2, -0.15) is 0 Å². The summed E-state index contributed by atoms with van der Waals surface area (Å²) in [6.45, 7) is 3.78. The van der Waals surface area contributed by atoms with E-state index in [1.807, 2.05) is 11.3 Å². The Hall–Kier alpha value is -0.390. The van der Waals surface area contributed by atoms with E-state index in [0.29, 0.717) is 12.6 Å². The molecule has 1 aliphatic rings. The zero-order valence-corrected chi connectivity index (χ0v) is 11.3. The molecule has 2 rings (SSSR count). The molecule has 0 N–H and O–H groups in total. The van der Waals surface area contributed by atoms with Gasteiger partial charge < -0.3 is 0 Å². The van der Waals surface area contributed by atoms with Crippen LogP contribution in [0.15, 0.2) is 11.4 Å². The number of rotatable bonds is 3. The van der Waals surface area contributed by atoms with Gasteiger partial charge in [0.2, 0.25) is 0 Å². The summed E-state index contributed by atoms with van der Waals surface area (Å²) in [6.07, 6.45) is 2.36. The van der Waals surface area contributed by atoms with Crippen LogP contribution < -0.4 is 0 Å². The van der Waals surface area contributed by atoms with Gasteiger partial charge in [-0.25, -0.2) is 8.42 Å². The molecular weight excluding hydrogens is 242 g/mol. The Kier molecular flexibility index (Phi) is 3.37. The van der Waals surface area contributed by atoms with Crippen LogP contribution in [-0.4, -0.2) is 38.4 Å². The van der Waals surface area contributed by atoms with Gasteiger partial charge in [0.05, 0.1) is 5.75 Å². The molecule has 2 heterocycles. The van der Waals surface area contributed by atoms with E-state index in [9.17, 15) is 8.42 Å². The van der Waals surface area contributed by atoms with E-state index in [1.165, 1.54) is 16.7 Å². The summed E-state index contributed by atoms with van der Waals surface area (Å²) in [5, 5.41) is 2.13. The van der Waals surface area contributed by atoms with Crippen LogP contribution in [0.5, 0.6) is 0 Å². The van der Waals surface area contributed by atoms with Crippen molar-refractivity contribution in [3.63, 3.8) is 0 Å². The van der Waals surface area contributed by atoms with Gasteiger partial charge in [-0.15, -0.1) is 11.3 Å². The predicted molar refractivity (Wildman–Crippen MR) is 67.7 cm³/mol. The van der Waals surface area contributed by atoms with Gasteiger partial charge in [0.25, 0.3) is 0 Å². The number of hydrogen-bond donors (Lipinski definition) is 0. The highest BCUT2D eigenvalue weighted by molar-refractivity contribution is 7.90. The standard InChI is InChI=1S/C11H17NO2S2/c1-9-10-4-7-15-11(10)3-5-12(9)6-8-16(2,13)14/h4,7,9H,3,5-6,8H2,1-2H3/t9-/m1/s1. The van der Waals surface area contributed by atoms with Crippen molar-refractivity contribution < 1.29 is 8.42 Å². The largest absolute Gasteiger partial charge is 0.295 e. The molecule has 1 atom stereocenters. The van der Waals surface area contributed by atoms with Crippen molar-refractivity contribution in [1.29, 1.82) is 0 Å². The zero-order chi connectivity index (χ0) is 11.8. The van der Waals surface area contributed by atoms with Crippen molar-refractivity contribution >= 4 is 21.2 Å². The fourth-order valence-electron chi connectivity index (χ4n) is 2.15. The lowest BCUT2D eigenvalue weighted by molar-refractivity contribution is 0.212. The van der Waals surface area contributed by atoms with Crippen molar-refractivity contribution in [3.05, 3.63) is 21.9 Å². The molecule has 1 aromatic rings. The molecule has 0 aliphatic carbocycles. The van der Waals surface area contributed by atoms with Crippen LogP contribution in [-0.2, 0) is 16.3 Å². The molecule has 16 heavy (non-hydrogen) atoms. The maximum Gasteiger partial charge on any atom is 0.148 e. The predicted octanol–water partition coefficient (Wildman–Crippen LogP) is 1.71. The molecule has 0 saturated heterocycles. The van der Waals surface area contributed by atoms with Crippen LogP contribution in [0.3, 0.4) is 0 Å². The first-order valence-corrected chi connectivity index (χ1v) is 8.39. The lowest BCUT2D eigenvalue weighted by Crippen LogP contribution is -2.36. The molecule has 0 saturated carbocycles. The summed E-state index contributed by atoms with van der Waals surface area (Å²) < 4.78 is 22.3. The van der Waals surface area contributed by atoms with Gasteiger partial charge in [0.15, 0.2) is 0 Å². The monoisotopic (exact) mass is 259 g/mol. The number of hydrogen-bond acceptors (Lipinski definition) is 4. The SMILES string of the molecule is C[C@@H]1c2ccsc2CCN1CCS(C)(=O)=O. The molecule has 90 valence electrons. The van der Waals surface area contributed by atoms with E-state index < -0.39 is 9.84 Å². The van der Waals surface area contributed by atoms with Crippen LogP contribution in [0.4, 0.5) is 0 Å². The Balaban J connectivity index is 2.05. The Bertz CT molecular complexity index is 464. The highest BCUT2D eigenvalue weighted by Crippen LogP contribution is 2.32. The highest BCUT2D eigenvalue weighted by Gasteiger charge is 2.24. The molecule has 1 aromatic heterocycles. The van der Waals surface area contributed by atoms with Crippen LogP contribution >= 0.6 is 11.3 Å². The minimum Gasteiger partial charge on any atom is -0.295 e. The summed E-state index contributed by atoms with van der Waals surface area (Å²) in [4.78, 5) is 3.72. The normalized spacial score (nSPS) is 22.0. The number of thiophene rings is 1. The molecule has 0 aromatic carbocycles. The van der Waals surface area contributed by atoms with E-state index in [0.717, 1.165) is 13.0 Å². The first kappa shape index (κ1) is 12.1. The fraction of sp³-hybridized carbons (Fsp3) is 0.636. The molecule has 5 heteroatoms. The van der Waals surface area contributed by atoms with Gasteiger partial charge in [0.1, 0.15) is 9.84 Å². The minimum atomic E-state index is -2.85. The van der Waals surface area contributed by atoms with Crippen molar-refractivity contribution in [2.24, 2.45) is 0 Å². The Morgan fingerprint density at radius 3 is 3.00 bits per heavy atom. The maximum absolute atomic E-state index is 11.2. The molecule has 0 spiro atoms. The molecule has 3 nitrogen and oxygen atoms in total. The molecule has 1 aliphatic heterocycles. The van der Waals surface area contributed by atoms with E-state index in [1.54, 1.807) is 0 Å². The molecule has 0 radical (unpaired) electrons. The van der Waals surface area contributed by atoms with Crippen LogP contribution in [0, 0.1) is 0 Å². The van der Waals surface area contributed by atoms with Crippen LogP contribution in [0.2, 0.25) is 0 Å². The van der Waals surface area contributed by atoms with Crippen molar-refractivity contribution in [1.82, 2.24) is 4.90 Å². The van der Waals surface area contributed by atoms with E-state index in [4.69, 9.17) is 0 Å². The van der Waals surface area contributed by atoms with Gasteiger partial charge in [-0.05, 0) is 30.4 Å². The second-order valence-corrected chi connectivity index (χ2v) is 7.65. The van der Waals surface area contributed by atoms with Gasteiger partial charge in [-0.1, -0.05) is 0 Å². The quantitative estimate of drug-likeness (QED) is 0.829. The third-order valence-electron chi connectivity index (χ3n) is 3.15. The highest BCUT2D eigenvalue weighted by atomic mass is 32.2.